The molecule has 0 amide bonds. The number of hydrogen-bond donors (Lipinski definition) is 8. The van der Waals surface area contributed by atoms with Gasteiger partial charge in [-0.2, -0.15) is 18.6 Å². The standard InChI is InChI=1S/C20H14N8O10S4/c29-15-13(16(30)22-19(39)21-15)27-25-7-1-3-9(11(5-7)41-38-37-33)10-4-2-8(6-12(10)42(34,35)36)26-28-14-17(31)23-20(40)24-18(14)32/h1-6,33H,(H,34,35,36)(H3,21,22,29,30,39)(H3,23,24,31,32,40). The first-order chi connectivity index (χ1) is 19.9. The minimum atomic E-state index is -4.91. The smallest absolute Gasteiger partial charge is 0.295 e. The maximum atomic E-state index is 12.3. The van der Waals surface area contributed by atoms with Gasteiger partial charge in [-0.1, -0.05) is 17.2 Å². The maximum Gasteiger partial charge on any atom is 0.295 e. The Bertz CT molecular complexity index is 2090. The molecule has 4 rings (SSSR count). The number of azo groups is 2. The molecular formula is C20H14N8O10S4. The number of nitrogens with zero attached hydrogens (tertiary/aromatic N) is 4. The van der Waals surface area contributed by atoms with Crippen LogP contribution >= 0.6 is 36.5 Å². The Kier molecular flexibility index (Phi) is 9.17. The topological polar surface area (TPSA) is 280 Å². The van der Waals surface area contributed by atoms with E-state index in [2.05, 4.69) is 49.8 Å². The second-order valence-electron chi connectivity index (χ2n) is 7.67. The van der Waals surface area contributed by atoms with Gasteiger partial charge in [0.05, 0.1) is 23.4 Å². The Morgan fingerprint density at radius 2 is 1.26 bits per heavy atom. The molecule has 0 fully saturated rings. The van der Waals surface area contributed by atoms with Crippen LogP contribution in [0.25, 0.3) is 11.1 Å². The van der Waals surface area contributed by atoms with Crippen molar-refractivity contribution in [3.8, 4) is 22.9 Å². The molecular weight excluding hydrogens is 641 g/mol. The molecule has 2 aromatic heterocycles. The average Bonchev–Trinajstić information content (AvgIpc) is 2.90. The normalized spacial score (nSPS) is 12.0. The van der Waals surface area contributed by atoms with Crippen molar-refractivity contribution in [3.05, 3.63) is 66.6 Å². The van der Waals surface area contributed by atoms with Gasteiger partial charge in [0.25, 0.3) is 21.2 Å². The molecule has 218 valence electrons. The molecule has 0 saturated carbocycles. The first kappa shape index (κ1) is 30.5. The molecule has 18 nitrogen and oxygen atoms in total. The van der Waals surface area contributed by atoms with Crippen LogP contribution in [0.3, 0.4) is 0 Å². The zero-order valence-corrected chi connectivity index (χ0v) is 23.4. The molecule has 0 aliphatic rings. The molecule has 2 aromatic carbocycles. The van der Waals surface area contributed by atoms with Crippen LogP contribution in [0.5, 0.6) is 11.8 Å². The summed E-state index contributed by atoms with van der Waals surface area (Å²) in [4.78, 5) is 32.4. The van der Waals surface area contributed by atoms with Gasteiger partial charge >= 0.3 is 0 Å². The molecule has 0 atom stereocenters. The molecule has 0 aliphatic heterocycles. The zero-order valence-electron chi connectivity index (χ0n) is 20.1. The first-order valence-corrected chi connectivity index (χ1v) is 13.7. The maximum absolute atomic E-state index is 12.3. The van der Waals surface area contributed by atoms with E-state index >= 15 is 0 Å². The van der Waals surface area contributed by atoms with Gasteiger partial charge in [0.15, 0.2) is 9.54 Å². The van der Waals surface area contributed by atoms with E-state index in [0.717, 1.165) is 6.07 Å². The van der Waals surface area contributed by atoms with Crippen LogP contribution in [-0.2, 0) is 19.5 Å². The molecule has 0 aliphatic carbocycles. The first-order valence-electron chi connectivity index (χ1n) is 10.7. The van der Waals surface area contributed by atoms with Gasteiger partial charge in [-0.3, -0.25) is 24.1 Å². The highest BCUT2D eigenvalue weighted by Crippen LogP contribution is 2.40. The minimum Gasteiger partial charge on any atom is -0.493 e. The lowest BCUT2D eigenvalue weighted by molar-refractivity contribution is -0.432. The highest BCUT2D eigenvalue weighted by molar-refractivity contribution is 7.94. The lowest BCUT2D eigenvalue weighted by Crippen LogP contribution is -2.06. The lowest BCUT2D eigenvalue weighted by Gasteiger charge is -2.12. The van der Waals surface area contributed by atoms with Gasteiger partial charge in [-0.25, -0.2) is 5.26 Å². The fourth-order valence-corrected chi connectivity index (χ4v) is 4.91. The summed E-state index contributed by atoms with van der Waals surface area (Å²) in [5.41, 5.74) is -2.77. The van der Waals surface area contributed by atoms with Crippen molar-refractivity contribution in [1.29, 1.82) is 0 Å². The Morgan fingerprint density at radius 1 is 0.762 bits per heavy atom. The molecule has 0 bridgehead atoms. The second kappa shape index (κ2) is 12.6. The average molecular weight is 655 g/mol. The summed E-state index contributed by atoms with van der Waals surface area (Å²) < 4.78 is 38.8. The van der Waals surface area contributed by atoms with E-state index in [0.29, 0.717) is 12.0 Å². The van der Waals surface area contributed by atoms with E-state index in [9.17, 15) is 32.8 Å². The van der Waals surface area contributed by atoms with Crippen molar-refractivity contribution < 1.29 is 37.8 Å². The van der Waals surface area contributed by atoms with E-state index in [1.54, 1.807) is 0 Å². The summed E-state index contributed by atoms with van der Waals surface area (Å²) in [6, 6.07) is 7.43. The lowest BCUT2D eigenvalue weighted by atomic mass is 10.0. The van der Waals surface area contributed by atoms with E-state index in [1.165, 1.54) is 30.3 Å². The molecule has 0 unspecified atom stereocenters. The largest absolute Gasteiger partial charge is 0.493 e. The van der Waals surface area contributed by atoms with Gasteiger partial charge in [-0.15, -0.1) is 14.6 Å². The molecule has 0 radical (unpaired) electrons. The number of rotatable bonds is 9. The minimum absolute atomic E-state index is 0.0646. The zero-order chi connectivity index (χ0) is 30.6. The third-order valence-corrected chi connectivity index (χ3v) is 6.93. The van der Waals surface area contributed by atoms with Crippen molar-refractivity contribution in [1.82, 2.24) is 19.9 Å². The van der Waals surface area contributed by atoms with Crippen LogP contribution in [-0.4, -0.2) is 48.4 Å². The third-order valence-electron chi connectivity index (χ3n) is 4.98. The molecule has 8 N–H and O–H groups in total. The predicted octanol–water partition coefficient (Wildman–Crippen LogP) is 4.76. The number of aromatic amines is 4. The number of benzene rings is 2. The van der Waals surface area contributed by atoms with Gasteiger partial charge < -0.3 is 20.2 Å². The third kappa shape index (κ3) is 7.07. The Labute approximate surface area is 246 Å². The predicted molar refractivity (Wildman–Crippen MR) is 149 cm³/mol. The van der Waals surface area contributed by atoms with Crippen molar-refractivity contribution in [2.45, 2.75) is 9.79 Å². The summed E-state index contributed by atoms with van der Waals surface area (Å²) in [5.74, 6) is -1.32. The highest BCUT2D eigenvalue weighted by atomic mass is 32.2. The fourth-order valence-electron chi connectivity index (χ4n) is 3.26. The monoisotopic (exact) mass is 654 g/mol. The van der Waals surface area contributed by atoms with Crippen molar-refractivity contribution in [3.63, 3.8) is 0 Å². The van der Waals surface area contributed by atoms with E-state index in [1.807, 2.05) is 0 Å². The Balaban J connectivity index is 1.78. The SMILES string of the molecule is O=c1[nH]c(=S)[nH]c(O)c1N=Nc1ccc(-c2ccc(N=Nc3c(O)[nH]c(=S)[nH]c3=O)cc2S(=O)(=O)O)c(SOOO)c1. The summed E-state index contributed by atoms with van der Waals surface area (Å²) in [6.45, 7) is 0. The Hall–Kier alpha value is -4.42. The van der Waals surface area contributed by atoms with E-state index in [-0.39, 0.29) is 36.9 Å². The van der Waals surface area contributed by atoms with Crippen molar-refractivity contribution in [2.75, 3.05) is 0 Å². The number of aromatic hydroxyl groups is 2. The summed E-state index contributed by atoms with van der Waals surface area (Å²) in [7, 11) is -4.91. The molecule has 42 heavy (non-hydrogen) atoms. The molecule has 0 saturated heterocycles. The molecule has 22 heteroatoms. The van der Waals surface area contributed by atoms with Crippen molar-refractivity contribution >= 4 is 69.3 Å². The molecule has 4 aromatic rings. The molecule has 0 spiro atoms. The quantitative estimate of drug-likeness (QED) is 0.0302. The summed E-state index contributed by atoms with van der Waals surface area (Å²) in [5, 5.41) is 46.9. The fraction of sp³-hybridized carbons (Fsp3) is 0. The summed E-state index contributed by atoms with van der Waals surface area (Å²) in [6.07, 6.45) is 0. The van der Waals surface area contributed by atoms with Gasteiger partial charge in [0.2, 0.25) is 23.1 Å². The van der Waals surface area contributed by atoms with Gasteiger partial charge in [-0.05, 0) is 54.3 Å². The number of nitrogens with one attached hydrogen (secondary N) is 4. The van der Waals surface area contributed by atoms with Crippen LogP contribution in [0, 0.1) is 9.54 Å². The van der Waals surface area contributed by atoms with Crippen LogP contribution < -0.4 is 11.1 Å². The van der Waals surface area contributed by atoms with Crippen LogP contribution in [0.4, 0.5) is 22.7 Å². The van der Waals surface area contributed by atoms with Crippen LogP contribution in [0.15, 0.2) is 76.2 Å². The van der Waals surface area contributed by atoms with Gasteiger partial charge in [0.1, 0.15) is 4.90 Å². The number of H-pyrrole nitrogens is 4. The van der Waals surface area contributed by atoms with Crippen molar-refractivity contribution in [2.24, 2.45) is 20.5 Å². The van der Waals surface area contributed by atoms with Crippen LogP contribution in [0.2, 0.25) is 0 Å². The van der Waals surface area contributed by atoms with Gasteiger partial charge in [0, 0.05) is 10.5 Å². The summed E-state index contributed by atoms with van der Waals surface area (Å²) >= 11 is 9.89. The van der Waals surface area contributed by atoms with E-state index in [4.69, 9.17) is 29.7 Å². The molecule has 2 heterocycles. The number of aromatic nitrogens is 4. The Morgan fingerprint density at radius 3 is 1.74 bits per heavy atom. The highest BCUT2D eigenvalue weighted by Gasteiger charge is 2.21. The number of hydrogen-bond acceptors (Lipinski definition) is 16. The van der Waals surface area contributed by atoms with E-state index < -0.39 is 49.3 Å². The van der Waals surface area contributed by atoms with Crippen LogP contribution in [0.1, 0.15) is 0 Å². The second-order valence-corrected chi connectivity index (χ2v) is 10.6.